The lowest BCUT2D eigenvalue weighted by Gasteiger charge is -2.35. The van der Waals surface area contributed by atoms with Gasteiger partial charge in [-0.1, -0.05) is 12.1 Å². The summed E-state index contributed by atoms with van der Waals surface area (Å²) in [5.41, 5.74) is 3.91. The van der Waals surface area contributed by atoms with Gasteiger partial charge in [0, 0.05) is 50.4 Å². The van der Waals surface area contributed by atoms with Gasteiger partial charge in [0.15, 0.2) is 5.96 Å². The third kappa shape index (κ3) is 5.16. The van der Waals surface area contributed by atoms with Gasteiger partial charge in [-0.05, 0) is 62.6 Å². The van der Waals surface area contributed by atoms with Gasteiger partial charge in [-0.15, -0.1) is 0 Å². The van der Waals surface area contributed by atoms with Gasteiger partial charge in [-0.2, -0.15) is 0 Å². The van der Waals surface area contributed by atoms with Crippen molar-refractivity contribution in [2.45, 2.75) is 57.7 Å². The monoisotopic (exact) mass is 412 g/mol. The van der Waals surface area contributed by atoms with Gasteiger partial charge in [0.05, 0.1) is 18.8 Å². The van der Waals surface area contributed by atoms with Crippen molar-refractivity contribution in [1.82, 2.24) is 15.2 Å². The standard InChI is InChI=1S/C24H36N4O2/c1-18-6-5-8-22-23(18)19(16-27-22)9-12-26-24(25-2)28-13-10-20(11-14-28)30-17-21-7-3-4-15-29-21/h5-6,8,16,20-21,27H,3-4,7,9-15,17H2,1-2H3,(H,25,26). The molecule has 6 heteroatoms. The molecular formula is C24H36N4O2. The van der Waals surface area contributed by atoms with E-state index in [1.807, 2.05) is 7.05 Å². The molecule has 2 N–H and O–H groups in total. The van der Waals surface area contributed by atoms with E-state index in [9.17, 15) is 0 Å². The highest BCUT2D eigenvalue weighted by atomic mass is 16.5. The van der Waals surface area contributed by atoms with E-state index in [2.05, 4.69) is 51.5 Å². The SMILES string of the molecule is CN=C(NCCc1c[nH]c2cccc(C)c12)N1CCC(OCC2CCCCO2)CC1. The van der Waals surface area contributed by atoms with Crippen LogP contribution in [-0.4, -0.2) is 67.9 Å². The zero-order chi connectivity index (χ0) is 20.8. The average Bonchev–Trinajstić information content (AvgIpc) is 3.21. The quantitative estimate of drug-likeness (QED) is 0.562. The molecule has 1 atom stereocenters. The smallest absolute Gasteiger partial charge is 0.193 e. The average molecular weight is 413 g/mol. The molecule has 164 valence electrons. The van der Waals surface area contributed by atoms with Crippen LogP contribution in [0.3, 0.4) is 0 Å². The number of H-pyrrole nitrogens is 1. The summed E-state index contributed by atoms with van der Waals surface area (Å²) in [6.07, 6.45) is 9.48. The zero-order valence-corrected chi connectivity index (χ0v) is 18.5. The van der Waals surface area contributed by atoms with Crippen LogP contribution in [0, 0.1) is 6.92 Å². The van der Waals surface area contributed by atoms with E-state index < -0.39 is 0 Å². The van der Waals surface area contributed by atoms with Gasteiger partial charge in [0.25, 0.3) is 0 Å². The molecule has 0 aliphatic carbocycles. The van der Waals surface area contributed by atoms with Crippen molar-refractivity contribution >= 4 is 16.9 Å². The molecular weight excluding hydrogens is 376 g/mol. The molecule has 2 aromatic rings. The molecule has 0 spiro atoms. The number of guanidine groups is 1. The maximum Gasteiger partial charge on any atom is 0.193 e. The summed E-state index contributed by atoms with van der Waals surface area (Å²) in [5.74, 6) is 1.00. The van der Waals surface area contributed by atoms with Crippen LogP contribution >= 0.6 is 0 Å². The molecule has 1 unspecified atom stereocenters. The molecule has 4 rings (SSSR count). The first kappa shape index (κ1) is 21.2. The molecule has 0 radical (unpaired) electrons. The Hall–Kier alpha value is -2.05. The maximum absolute atomic E-state index is 6.15. The fraction of sp³-hybridized carbons (Fsp3) is 0.625. The topological polar surface area (TPSA) is 61.9 Å². The number of fused-ring (bicyclic) bond motifs is 1. The van der Waals surface area contributed by atoms with E-state index in [0.717, 1.165) is 64.5 Å². The van der Waals surface area contributed by atoms with Crippen molar-refractivity contribution in [1.29, 1.82) is 0 Å². The van der Waals surface area contributed by atoms with Crippen LogP contribution in [0.25, 0.3) is 10.9 Å². The van der Waals surface area contributed by atoms with E-state index in [-0.39, 0.29) is 0 Å². The Bertz CT molecular complexity index is 833. The van der Waals surface area contributed by atoms with Crippen LogP contribution in [0.5, 0.6) is 0 Å². The van der Waals surface area contributed by atoms with Crippen molar-refractivity contribution < 1.29 is 9.47 Å². The van der Waals surface area contributed by atoms with Gasteiger partial charge >= 0.3 is 0 Å². The molecule has 3 heterocycles. The highest BCUT2D eigenvalue weighted by molar-refractivity contribution is 5.86. The number of benzene rings is 1. The number of aliphatic imine (C=N–C) groups is 1. The summed E-state index contributed by atoms with van der Waals surface area (Å²) in [7, 11) is 1.88. The third-order valence-electron chi connectivity index (χ3n) is 6.42. The zero-order valence-electron chi connectivity index (χ0n) is 18.5. The number of nitrogens with one attached hydrogen (secondary N) is 2. The Morgan fingerprint density at radius 1 is 1.27 bits per heavy atom. The second kappa shape index (κ2) is 10.3. The summed E-state index contributed by atoms with van der Waals surface area (Å²) in [5, 5.41) is 4.92. The lowest BCUT2D eigenvalue weighted by atomic mass is 10.1. The van der Waals surface area contributed by atoms with Crippen molar-refractivity contribution in [2.75, 3.05) is 39.9 Å². The number of hydrogen-bond donors (Lipinski definition) is 2. The Morgan fingerprint density at radius 3 is 2.90 bits per heavy atom. The van der Waals surface area contributed by atoms with Crippen LogP contribution in [0.15, 0.2) is 29.4 Å². The van der Waals surface area contributed by atoms with Crippen molar-refractivity contribution in [3.8, 4) is 0 Å². The predicted octanol–water partition coefficient (Wildman–Crippen LogP) is 3.64. The number of nitrogens with zero attached hydrogens (tertiary/aromatic N) is 2. The second-order valence-electron chi connectivity index (χ2n) is 8.54. The Balaban J connectivity index is 1.21. The number of rotatable bonds is 6. The van der Waals surface area contributed by atoms with E-state index in [4.69, 9.17) is 9.47 Å². The summed E-state index contributed by atoms with van der Waals surface area (Å²) < 4.78 is 11.9. The van der Waals surface area contributed by atoms with E-state index in [0.29, 0.717) is 12.2 Å². The summed E-state index contributed by atoms with van der Waals surface area (Å²) >= 11 is 0. The number of likely N-dealkylation sites (tertiary alicyclic amines) is 1. The summed E-state index contributed by atoms with van der Waals surface area (Å²) in [6.45, 7) is 6.68. The molecule has 30 heavy (non-hydrogen) atoms. The molecule has 2 aliphatic heterocycles. The molecule has 1 aromatic carbocycles. The molecule has 2 fully saturated rings. The van der Waals surface area contributed by atoms with Gasteiger partial charge in [0.1, 0.15) is 0 Å². The highest BCUT2D eigenvalue weighted by Crippen LogP contribution is 2.22. The molecule has 6 nitrogen and oxygen atoms in total. The number of aromatic nitrogens is 1. The van der Waals surface area contributed by atoms with Gasteiger partial charge in [-0.25, -0.2) is 0 Å². The molecule has 0 saturated carbocycles. The molecule has 0 bridgehead atoms. The Labute approximate surface area is 180 Å². The number of aryl methyl sites for hydroxylation is 1. The van der Waals surface area contributed by atoms with Gasteiger partial charge in [0.2, 0.25) is 0 Å². The van der Waals surface area contributed by atoms with Crippen molar-refractivity contribution in [3.63, 3.8) is 0 Å². The van der Waals surface area contributed by atoms with Crippen molar-refractivity contribution in [2.24, 2.45) is 4.99 Å². The minimum atomic E-state index is 0.305. The van der Waals surface area contributed by atoms with E-state index >= 15 is 0 Å². The second-order valence-corrected chi connectivity index (χ2v) is 8.54. The first-order chi connectivity index (χ1) is 14.7. The van der Waals surface area contributed by atoms with E-state index in [1.54, 1.807) is 0 Å². The first-order valence-electron chi connectivity index (χ1n) is 11.5. The van der Waals surface area contributed by atoms with Crippen LogP contribution in [0.2, 0.25) is 0 Å². The number of piperidine rings is 1. The highest BCUT2D eigenvalue weighted by Gasteiger charge is 2.23. The molecule has 1 aromatic heterocycles. The maximum atomic E-state index is 6.15. The summed E-state index contributed by atoms with van der Waals surface area (Å²) in [6, 6.07) is 6.43. The van der Waals surface area contributed by atoms with Crippen molar-refractivity contribution in [3.05, 3.63) is 35.5 Å². The van der Waals surface area contributed by atoms with Crippen LogP contribution in [-0.2, 0) is 15.9 Å². The fourth-order valence-corrected chi connectivity index (χ4v) is 4.71. The van der Waals surface area contributed by atoms with Crippen LogP contribution in [0.4, 0.5) is 0 Å². The third-order valence-corrected chi connectivity index (χ3v) is 6.42. The minimum absolute atomic E-state index is 0.305. The van der Waals surface area contributed by atoms with Gasteiger partial charge < -0.3 is 24.7 Å². The summed E-state index contributed by atoms with van der Waals surface area (Å²) in [4.78, 5) is 10.3. The number of aromatic amines is 1. The number of hydrogen-bond acceptors (Lipinski definition) is 3. The lowest BCUT2D eigenvalue weighted by Crippen LogP contribution is -2.47. The number of ether oxygens (including phenoxy) is 2. The van der Waals surface area contributed by atoms with Crippen LogP contribution < -0.4 is 5.32 Å². The lowest BCUT2D eigenvalue weighted by molar-refractivity contribution is -0.0721. The van der Waals surface area contributed by atoms with Gasteiger partial charge in [-0.3, -0.25) is 4.99 Å². The predicted molar refractivity (Wildman–Crippen MR) is 122 cm³/mol. The first-order valence-corrected chi connectivity index (χ1v) is 11.5. The fourth-order valence-electron chi connectivity index (χ4n) is 4.71. The largest absolute Gasteiger partial charge is 0.376 e. The van der Waals surface area contributed by atoms with Crippen LogP contribution in [0.1, 0.15) is 43.2 Å². The Morgan fingerprint density at radius 2 is 2.13 bits per heavy atom. The minimum Gasteiger partial charge on any atom is -0.376 e. The normalized spacial score (nSPS) is 21.3. The molecule has 0 amide bonds. The van der Waals surface area contributed by atoms with E-state index in [1.165, 1.54) is 34.9 Å². The Kier molecular flexibility index (Phi) is 7.28. The molecule has 2 aliphatic rings. The molecule has 2 saturated heterocycles.